The van der Waals surface area contributed by atoms with E-state index in [-0.39, 0.29) is 12.2 Å². The lowest BCUT2D eigenvalue weighted by Gasteiger charge is -2.25. The van der Waals surface area contributed by atoms with E-state index in [0.29, 0.717) is 50.9 Å². The Balaban J connectivity index is 1.95. The number of carbonyl (C=O) groups excluding carboxylic acids is 1. The van der Waals surface area contributed by atoms with Crippen LogP contribution < -0.4 is 24.4 Å². The molecule has 1 aliphatic rings. The van der Waals surface area contributed by atoms with Gasteiger partial charge in [0.1, 0.15) is 0 Å². The predicted octanol–water partition coefficient (Wildman–Crippen LogP) is 3.66. The third kappa shape index (κ3) is 4.58. The van der Waals surface area contributed by atoms with Crippen molar-refractivity contribution in [1.82, 2.24) is 4.57 Å². The number of benzene rings is 1. The molecule has 7 nitrogen and oxygen atoms in total. The minimum Gasteiger partial charge on any atom is -0.490 e. The third-order valence-electron chi connectivity index (χ3n) is 5.22. The molecule has 0 N–H and O–H groups in total. The summed E-state index contributed by atoms with van der Waals surface area (Å²) >= 11 is 2.86. The van der Waals surface area contributed by atoms with Gasteiger partial charge in [-0.25, -0.2) is 9.79 Å². The molecule has 34 heavy (non-hydrogen) atoms. The molecule has 178 valence electrons. The fourth-order valence-corrected chi connectivity index (χ4v) is 5.62. The maximum atomic E-state index is 13.6. The number of ether oxygens (including phenoxy) is 3. The van der Waals surface area contributed by atoms with E-state index in [0.717, 1.165) is 4.88 Å². The molecule has 3 aromatic rings. The van der Waals surface area contributed by atoms with E-state index >= 15 is 0 Å². The van der Waals surface area contributed by atoms with Gasteiger partial charge in [-0.05, 0) is 62.9 Å². The highest BCUT2D eigenvalue weighted by Gasteiger charge is 2.34. The average molecular weight is 499 g/mol. The first kappa shape index (κ1) is 24.0. The average Bonchev–Trinajstić information content (AvgIpc) is 3.43. The van der Waals surface area contributed by atoms with Crippen LogP contribution in [0.2, 0.25) is 0 Å². The number of rotatable bonds is 8. The zero-order valence-corrected chi connectivity index (χ0v) is 21.1. The first-order valence-corrected chi connectivity index (χ1v) is 12.8. The molecule has 1 aliphatic heterocycles. The Kier molecular flexibility index (Phi) is 7.33. The molecule has 0 fully saturated rings. The van der Waals surface area contributed by atoms with Crippen LogP contribution in [0.15, 0.2) is 56.8 Å². The molecule has 0 spiro atoms. The van der Waals surface area contributed by atoms with E-state index in [2.05, 4.69) is 4.99 Å². The van der Waals surface area contributed by atoms with Crippen LogP contribution in [-0.4, -0.2) is 30.4 Å². The second-order valence-electron chi connectivity index (χ2n) is 7.39. The Hall–Kier alpha value is -3.17. The maximum absolute atomic E-state index is 13.6. The van der Waals surface area contributed by atoms with Crippen molar-refractivity contribution in [2.24, 2.45) is 4.99 Å². The number of esters is 1. The Bertz CT molecular complexity index is 1400. The summed E-state index contributed by atoms with van der Waals surface area (Å²) in [6, 6.07) is 8.69. The minimum absolute atomic E-state index is 0.205. The Labute approximate surface area is 205 Å². The fraction of sp³-hybridized carbons (Fsp3) is 0.320. The molecule has 1 unspecified atom stereocenters. The van der Waals surface area contributed by atoms with E-state index in [4.69, 9.17) is 14.2 Å². The van der Waals surface area contributed by atoms with Gasteiger partial charge >= 0.3 is 5.97 Å². The second kappa shape index (κ2) is 10.4. The van der Waals surface area contributed by atoms with E-state index in [1.807, 2.05) is 55.6 Å². The van der Waals surface area contributed by atoms with Gasteiger partial charge in [0.05, 0.1) is 41.7 Å². The predicted molar refractivity (Wildman–Crippen MR) is 133 cm³/mol. The molecule has 0 aliphatic carbocycles. The van der Waals surface area contributed by atoms with Crippen molar-refractivity contribution in [2.45, 2.75) is 33.7 Å². The molecule has 2 aromatic heterocycles. The highest BCUT2D eigenvalue weighted by molar-refractivity contribution is 7.11. The molecule has 4 rings (SSSR count). The molecular formula is C25H26N2O5S2. The zero-order chi connectivity index (χ0) is 24.2. The van der Waals surface area contributed by atoms with Crippen molar-refractivity contribution in [3.05, 3.63) is 77.1 Å². The van der Waals surface area contributed by atoms with Gasteiger partial charge in [0.25, 0.3) is 5.56 Å². The van der Waals surface area contributed by atoms with Crippen LogP contribution >= 0.6 is 22.7 Å². The first-order chi connectivity index (χ1) is 16.5. The molecule has 1 atom stereocenters. The van der Waals surface area contributed by atoms with Crippen LogP contribution in [0, 0.1) is 0 Å². The Morgan fingerprint density at radius 2 is 1.88 bits per heavy atom. The molecule has 0 saturated heterocycles. The van der Waals surface area contributed by atoms with E-state index < -0.39 is 12.0 Å². The molecule has 9 heteroatoms. The Morgan fingerprint density at radius 3 is 2.56 bits per heavy atom. The van der Waals surface area contributed by atoms with Crippen LogP contribution in [0.25, 0.3) is 6.08 Å². The highest BCUT2D eigenvalue weighted by Crippen LogP contribution is 2.36. The summed E-state index contributed by atoms with van der Waals surface area (Å²) in [6.07, 6.45) is 1.86. The standard InChI is InChI=1S/C25H26N2O5S2/c1-5-30-18-11-10-16(13-19(18)31-6-2)22-21(24(29)32-7-3)15(4)26-25-27(22)23(28)20(34-25)14-17-9-8-12-33-17/h8-14,22H,5-7H2,1-4H3. The summed E-state index contributed by atoms with van der Waals surface area (Å²) in [5.41, 5.74) is 1.37. The highest BCUT2D eigenvalue weighted by atomic mass is 32.1. The number of aromatic nitrogens is 1. The molecule has 1 aromatic carbocycles. The second-order valence-corrected chi connectivity index (χ2v) is 9.38. The summed E-state index contributed by atoms with van der Waals surface area (Å²) in [5, 5.41) is 1.96. The van der Waals surface area contributed by atoms with Crippen molar-refractivity contribution in [2.75, 3.05) is 19.8 Å². The van der Waals surface area contributed by atoms with E-state index in [9.17, 15) is 9.59 Å². The minimum atomic E-state index is -0.698. The van der Waals surface area contributed by atoms with Crippen molar-refractivity contribution in [3.63, 3.8) is 0 Å². The first-order valence-electron chi connectivity index (χ1n) is 11.1. The van der Waals surface area contributed by atoms with Crippen LogP contribution in [0.1, 0.15) is 44.2 Å². The smallest absolute Gasteiger partial charge is 0.338 e. The van der Waals surface area contributed by atoms with Crippen LogP contribution in [0.3, 0.4) is 0 Å². The largest absolute Gasteiger partial charge is 0.490 e. The van der Waals surface area contributed by atoms with Gasteiger partial charge in [-0.15, -0.1) is 11.3 Å². The molecule has 0 amide bonds. The van der Waals surface area contributed by atoms with Gasteiger partial charge in [0.15, 0.2) is 16.3 Å². The number of thiophene rings is 1. The number of allylic oxidation sites excluding steroid dienone is 1. The van der Waals surface area contributed by atoms with Crippen LogP contribution in [0.5, 0.6) is 11.5 Å². The molecule has 0 radical (unpaired) electrons. The molecule has 3 heterocycles. The van der Waals surface area contributed by atoms with Gasteiger partial charge in [-0.1, -0.05) is 23.5 Å². The number of hydrogen-bond acceptors (Lipinski definition) is 8. The van der Waals surface area contributed by atoms with E-state index in [1.165, 1.54) is 11.3 Å². The van der Waals surface area contributed by atoms with Crippen molar-refractivity contribution in [3.8, 4) is 11.5 Å². The van der Waals surface area contributed by atoms with E-state index in [1.54, 1.807) is 29.8 Å². The van der Waals surface area contributed by atoms with Crippen LogP contribution in [-0.2, 0) is 9.53 Å². The summed E-state index contributed by atoms with van der Waals surface area (Å²) in [4.78, 5) is 32.8. The number of thiazole rings is 1. The lowest BCUT2D eigenvalue weighted by molar-refractivity contribution is -0.139. The Morgan fingerprint density at radius 1 is 1.12 bits per heavy atom. The lowest BCUT2D eigenvalue weighted by atomic mass is 9.95. The van der Waals surface area contributed by atoms with Crippen molar-refractivity contribution >= 4 is 34.7 Å². The SMILES string of the molecule is CCOC(=O)C1=C(C)N=c2sc(=Cc3cccs3)c(=O)n2C1c1ccc(OCC)c(OCC)c1. The zero-order valence-electron chi connectivity index (χ0n) is 19.5. The third-order valence-corrected chi connectivity index (χ3v) is 7.02. The quantitative estimate of drug-likeness (QED) is 0.443. The number of fused-ring (bicyclic) bond motifs is 1. The van der Waals surface area contributed by atoms with Crippen molar-refractivity contribution < 1.29 is 19.0 Å². The fourth-order valence-electron chi connectivity index (χ4n) is 3.85. The van der Waals surface area contributed by atoms with Gasteiger partial charge in [-0.2, -0.15) is 0 Å². The van der Waals surface area contributed by atoms with Gasteiger partial charge < -0.3 is 14.2 Å². The van der Waals surface area contributed by atoms with Crippen molar-refractivity contribution in [1.29, 1.82) is 0 Å². The maximum Gasteiger partial charge on any atom is 0.338 e. The summed E-state index contributed by atoms with van der Waals surface area (Å²) in [6.45, 7) is 8.48. The molecule has 0 bridgehead atoms. The van der Waals surface area contributed by atoms with Gasteiger partial charge in [0.2, 0.25) is 0 Å². The summed E-state index contributed by atoms with van der Waals surface area (Å²) < 4.78 is 19.0. The van der Waals surface area contributed by atoms with Gasteiger partial charge in [0, 0.05) is 4.88 Å². The van der Waals surface area contributed by atoms with Crippen LogP contribution in [0.4, 0.5) is 0 Å². The molecule has 0 saturated carbocycles. The summed E-state index contributed by atoms with van der Waals surface area (Å²) in [7, 11) is 0. The summed E-state index contributed by atoms with van der Waals surface area (Å²) in [5.74, 6) is 0.671. The number of hydrogen-bond donors (Lipinski definition) is 0. The number of nitrogens with zero attached hydrogens (tertiary/aromatic N) is 2. The lowest BCUT2D eigenvalue weighted by Crippen LogP contribution is -2.39. The number of carbonyl (C=O) groups is 1. The topological polar surface area (TPSA) is 79.1 Å². The van der Waals surface area contributed by atoms with Gasteiger partial charge in [-0.3, -0.25) is 9.36 Å². The monoisotopic (exact) mass is 498 g/mol. The normalized spacial score (nSPS) is 15.6. The molecular weight excluding hydrogens is 472 g/mol.